The van der Waals surface area contributed by atoms with Gasteiger partial charge in [-0.05, 0) is 37.0 Å². The van der Waals surface area contributed by atoms with Crippen molar-refractivity contribution in [3.63, 3.8) is 0 Å². The number of nitrogens with two attached hydrogens (primary N) is 1. The number of pyridine rings is 1. The molecule has 5 heteroatoms. The quantitative estimate of drug-likeness (QED) is 0.912. The Balaban J connectivity index is 0.00000162. The van der Waals surface area contributed by atoms with Gasteiger partial charge in [-0.15, -0.1) is 12.4 Å². The molecule has 1 fully saturated rings. The van der Waals surface area contributed by atoms with Gasteiger partial charge in [0.1, 0.15) is 0 Å². The summed E-state index contributed by atoms with van der Waals surface area (Å²) in [6, 6.07) is 3.78. The van der Waals surface area contributed by atoms with Gasteiger partial charge in [-0.25, -0.2) is 0 Å². The zero-order chi connectivity index (χ0) is 12.3. The summed E-state index contributed by atoms with van der Waals surface area (Å²) in [7, 11) is 0. The van der Waals surface area contributed by atoms with Gasteiger partial charge in [-0.2, -0.15) is 0 Å². The maximum Gasteiger partial charge on any atom is 0.239 e. The van der Waals surface area contributed by atoms with Crippen LogP contribution in [0.1, 0.15) is 37.8 Å². The molecular weight excluding hydrogens is 250 g/mol. The standard InChI is InChI=1S/C13H19N3O.ClH/c1-2-11(14)13(17)16-9-3-4-12(16)10-5-7-15-8-6-10;/h5-8,11-12H,2-4,9,14H2,1H3;1H/t11-,12?;/m0./s1. The molecule has 1 aromatic rings. The first-order chi connectivity index (χ1) is 8.24. The van der Waals surface area contributed by atoms with Crippen LogP contribution < -0.4 is 5.73 Å². The van der Waals surface area contributed by atoms with Gasteiger partial charge in [0.15, 0.2) is 0 Å². The van der Waals surface area contributed by atoms with Crippen molar-refractivity contribution in [2.75, 3.05) is 6.54 Å². The molecule has 1 amide bonds. The zero-order valence-electron chi connectivity index (χ0n) is 10.6. The maximum absolute atomic E-state index is 12.1. The van der Waals surface area contributed by atoms with E-state index in [1.165, 1.54) is 0 Å². The topological polar surface area (TPSA) is 59.2 Å². The number of halogens is 1. The summed E-state index contributed by atoms with van der Waals surface area (Å²) >= 11 is 0. The highest BCUT2D eigenvalue weighted by Crippen LogP contribution is 2.31. The Morgan fingerprint density at radius 3 is 2.83 bits per heavy atom. The third kappa shape index (κ3) is 3.00. The predicted molar refractivity (Wildman–Crippen MR) is 73.4 cm³/mol. The molecule has 2 atom stereocenters. The Morgan fingerprint density at radius 2 is 2.22 bits per heavy atom. The second-order valence-electron chi connectivity index (χ2n) is 4.48. The van der Waals surface area contributed by atoms with Crippen LogP contribution in [-0.2, 0) is 4.79 Å². The lowest BCUT2D eigenvalue weighted by Gasteiger charge is -2.27. The average Bonchev–Trinajstić information content (AvgIpc) is 2.87. The van der Waals surface area contributed by atoms with Gasteiger partial charge in [0.25, 0.3) is 0 Å². The second-order valence-corrected chi connectivity index (χ2v) is 4.48. The normalized spacial score (nSPS) is 20.3. The number of hydrogen-bond acceptors (Lipinski definition) is 3. The largest absolute Gasteiger partial charge is 0.334 e. The van der Waals surface area contributed by atoms with Crippen molar-refractivity contribution in [1.82, 2.24) is 9.88 Å². The molecule has 4 nitrogen and oxygen atoms in total. The Hall–Kier alpha value is -1.13. The highest BCUT2D eigenvalue weighted by atomic mass is 35.5. The van der Waals surface area contributed by atoms with Gasteiger partial charge >= 0.3 is 0 Å². The van der Waals surface area contributed by atoms with Crippen LogP contribution in [0.4, 0.5) is 0 Å². The van der Waals surface area contributed by atoms with Gasteiger partial charge < -0.3 is 10.6 Å². The third-order valence-electron chi connectivity index (χ3n) is 3.38. The maximum atomic E-state index is 12.1. The second kappa shape index (κ2) is 6.71. The first-order valence-electron chi connectivity index (χ1n) is 6.20. The molecule has 0 radical (unpaired) electrons. The van der Waals surface area contributed by atoms with Crippen LogP contribution in [-0.4, -0.2) is 28.4 Å². The van der Waals surface area contributed by atoms with Crippen LogP contribution >= 0.6 is 12.4 Å². The van der Waals surface area contributed by atoms with Crippen molar-refractivity contribution in [1.29, 1.82) is 0 Å². The van der Waals surface area contributed by atoms with Crippen molar-refractivity contribution in [3.8, 4) is 0 Å². The van der Waals surface area contributed by atoms with Crippen LogP contribution in [0.15, 0.2) is 24.5 Å². The fraction of sp³-hybridized carbons (Fsp3) is 0.538. The van der Waals surface area contributed by atoms with Crippen LogP contribution in [0.3, 0.4) is 0 Å². The Labute approximate surface area is 114 Å². The molecule has 0 spiro atoms. The molecule has 0 bridgehead atoms. The number of nitrogens with zero attached hydrogens (tertiary/aromatic N) is 2. The molecule has 100 valence electrons. The van der Waals surface area contributed by atoms with Crippen LogP contribution in [0, 0.1) is 0 Å². The number of carbonyl (C=O) groups is 1. The lowest BCUT2D eigenvalue weighted by Crippen LogP contribution is -2.43. The van der Waals surface area contributed by atoms with E-state index in [4.69, 9.17) is 5.73 Å². The molecule has 2 N–H and O–H groups in total. The fourth-order valence-corrected chi connectivity index (χ4v) is 2.35. The Bertz CT molecular complexity index is 385. The zero-order valence-corrected chi connectivity index (χ0v) is 11.4. The van der Waals surface area contributed by atoms with Crippen molar-refractivity contribution in [3.05, 3.63) is 30.1 Å². The third-order valence-corrected chi connectivity index (χ3v) is 3.38. The van der Waals surface area contributed by atoms with E-state index in [1.54, 1.807) is 12.4 Å². The number of hydrogen-bond donors (Lipinski definition) is 1. The van der Waals surface area contributed by atoms with E-state index in [-0.39, 0.29) is 30.4 Å². The van der Waals surface area contributed by atoms with E-state index in [2.05, 4.69) is 4.98 Å². The van der Waals surface area contributed by atoms with E-state index >= 15 is 0 Å². The minimum atomic E-state index is -0.363. The van der Waals surface area contributed by atoms with Gasteiger partial charge in [0, 0.05) is 18.9 Å². The van der Waals surface area contributed by atoms with Crippen LogP contribution in [0.25, 0.3) is 0 Å². The lowest BCUT2D eigenvalue weighted by atomic mass is 10.1. The first-order valence-corrected chi connectivity index (χ1v) is 6.20. The molecule has 1 aliphatic rings. The van der Waals surface area contributed by atoms with Gasteiger partial charge in [0.05, 0.1) is 12.1 Å². The van der Waals surface area contributed by atoms with Gasteiger partial charge in [-0.3, -0.25) is 9.78 Å². The van der Waals surface area contributed by atoms with Crippen LogP contribution in [0.2, 0.25) is 0 Å². The smallest absolute Gasteiger partial charge is 0.239 e. The minimum absolute atomic E-state index is 0. The first kappa shape index (κ1) is 14.9. The molecule has 2 rings (SSSR count). The number of aromatic nitrogens is 1. The number of amides is 1. The van der Waals surface area contributed by atoms with Crippen molar-refractivity contribution in [2.45, 2.75) is 38.3 Å². The molecule has 1 unspecified atom stereocenters. The van der Waals surface area contributed by atoms with Crippen molar-refractivity contribution in [2.24, 2.45) is 5.73 Å². The summed E-state index contributed by atoms with van der Waals surface area (Å²) in [5.74, 6) is 0.0758. The molecule has 1 saturated heterocycles. The summed E-state index contributed by atoms with van der Waals surface area (Å²) in [5.41, 5.74) is 6.99. The molecule has 18 heavy (non-hydrogen) atoms. The van der Waals surface area contributed by atoms with E-state index in [1.807, 2.05) is 24.0 Å². The minimum Gasteiger partial charge on any atom is -0.334 e. The Kier molecular flexibility index (Phi) is 5.56. The summed E-state index contributed by atoms with van der Waals surface area (Å²) in [6.45, 7) is 2.76. The molecule has 1 aromatic heterocycles. The number of rotatable bonds is 3. The number of carbonyl (C=O) groups excluding carboxylic acids is 1. The summed E-state index contributed by atoms with van der Waals surface area (Å²) < 4.78 is 0. The number of likely N-dealkylation sites (tertiary alicyclic amines) is 1. The highest BCUT2D eigenvalue weighted by molar-refractivity contribution is 5.85. The van der Waals surface area contributed by atoms with E-state index in [9.17, 15) is 4.79 Å². The Morgan fingerprint density at radius 1 is 1.56 bits per heavy atom. The van der Waals surface area contributed by atoms with Crippen molar-refractivity contribution < 1.29 is 4.79 Å². The van der Waals surface area contributed by atoms with E-state index in [0.29, 0.717) is 6.42 Å². The SMILES string of the molecule is CC[C@H](N)C(=O)N1CCCC1c1ccncc1.Cl. The molecule has 0 aliphatic carbocycles. The van der Waals surface area contributed by atoms with Crippen molar-refractivity contribution >= 4 is 18.3 Å². The van der Waals surface area contributed by atoms with Gasteiger partial charge in [0.2, 0.25) is 5.91 Å². The molecular formula is C13H20ClN3O. The molecule has 2 heterocycles. The monoisotopic (exact) mass is 269 g/mol. The van der Waals surface area contributed by atoms with Crippen LogP contribution in [0.5, 0.6) is 0 Å². The summed E-state index contributed by atoms with van der Waals surface area (Å²) in [5, 5.41) is 0. The predicted octanol–water partition coefficient (Wildman–Crippen LogP) is 1.90. The molecule has 0 aromatic carbocycles. The van der Waals surface area contributed by atoms with E-state index in [0.717, 1.165) is 24.9 Å². The average molecular weight is 270 g/mol. The molecule has 1 aliphatic heterocycles. The molecule has 0 saturated carbocycles. The van der Waals surface area contributed by atoms with Gasteiger partial charge in [-0.1, -0.05) is 6.92 Å². The summed E-state index contributed by atoms with van der Waals surface area (Å²) in [6.07, 6.45) is 6.31. The fourth-order valence-electron chi connectivity index (χ4n) is 2.35. The van der Waals surface area contributed by atoms with E-state index < -0.39 is 0 Å². The summed E-state index contributed by atoms with van der Waals surface area (Å²) in [4.78, 5) is 18.1. The highest BCUT2D eigenvalue weighted by Gasteiger charge is 2.31. The lowest BCUT2D eigenvalue weighted by molar-refractivity contribution is -0.133.